The first-order valence-corrected chi connectivity index (χ1v) is 11.2. The number of rotatable bonds is 7. The number of amidine groups is 1. The van der Waals surface area contributed by atoms with E-state index in [1.807, 2.05) is 61.5 Å². The molecule has 1 saturated carbocycles. The van der Waals surface area contributed by atoms with Gasteiger partial charge < -0.3 is 14.8 Å². The normalized spacial score (nSPS) is 19.4. The molecule has 1 amide bonds. The summed E-state index contributed by atoms with van der Waals surface area (Å²) in [6.07, 6.45) is 6.55. The molecule has 0 aromatic heterocycles. The summed E-state index contributed by atoms with van der Waals surface area (Å²) in [5, 5.41) is 3.60. The third-order valence-electron chi connectivity index (χ3n) is 5.08. The zero-order chi connectivity index (χ0) is 20.8. The Hall–Kier alpha value is -2.73. The zero-order valence-corrected chi connectivity index (χ0v) is 17.9. The van der Waals surface area contributed by atoms with Crippen LogP contribution in [0, 0.1) is 0 Å². The van der Waals surface area contributed by atoms with Crippen molar-refractivity contribution in [1.82, 2.24) is 5.32 Å². The van der Waals surface area contributed by atoms with Gasteiger partial charge in [-0.2, -0.15) is 0 Å². The molecule has 2 aromatic rings. The van der Waals surface area contributed by atoms with Gasteiger partial charge in [0.15, 0.2) is 16.7 Å². The number of carbonyl (C=O) groups excluding carboxylic acids is 1. The van der Waals surface area contributed by atoms with Crippen LogP contribution >= 0.6 is 11.8 Å². The Labute approximate surface area is 181 Å². The van der Waals surface area contributed by atoms with Gasteiger partial charge >= 0.3 is 0 Å². The van der Waals surface area contributed by atoms with Crippen LogP contribution < -0.4 is 14.8 Å². The summed E-state index contributed by atoms with van der Waals surface area (Å²) in [5.41, 5.74) is 1.99. The van der Waals surface area contributed by atoms with E-state index in [2.05, 4.69) is 5.32 Å². The Balaban J connectivity index is 1.48. The van der Waals surface area contributed by atoms with E-state index in [-0.39, 0.29) is 5.91 Å². The molecular formula is C24H26N2O3S. The SMILES string of the molecule is CCOc1cc(/C=C2\SC(=NC3CCCC3)NC2=O)ccc1OCc1ccccc1. The molecule has 1 aliphatic carbocycles. The fourth-order valence-corrected chi connectivity index (χ4v) is 4.47. The van der Waals surface area contributed by atoms with Crippen molar-refractivity contribution in [3.63, 3.8) is 0 Å². The Kier molecular flexibility index (Phi) is 6.74. The lowest BCUT2D eigenvalue weighted by atomic mass is 10.2. The van der Waals surface area contributed by atoms with Crippen LogP contribution in [0.3, 0.4) is 0 Å². The van der Waals surface area contributed by atoms with Gasteiger partial charge in [-0.05, 0) is 60.9 Å². The molecule has 0 radical (unpaired) electrons. The number of hydrogen-bond donors (Lipinski definition) is 1. The van der Waals surface area contributed by atoms with Gasteiger partial charge in [-0.25, -0.2) is 0 Å². The van der Waals surface area contributed by atoms with Crippen LogP contribution in [0.5, 0.6) is 11.5 Å². The van der Waals surface area contributed by atoms with Gasteiger partial charge in [-0.3, -0.25) is 9.79 Å². The maximum Gasteiger partial charge on any atom is 0.264 e. The van der Waals surface area contributed by atoms with Crippen molar-refractivity contribution in [3.05, 3.63) is 64.6 Å². The minimum Gasteiger partial charge on any atom is -0.490 e. The largest absolute Gasteiger partial charge is 0.490 e. The van der Waals surface area contributed by atoms with Crippen LogP contribution in [0.4, 0.5) is 0 Å². The van der Waals surface area contributed by atoms with Gasteiger partial charge in [-0.15, -0.1) is 0 Å². The van der Waals surface area contributed by atoms with Crippen molar-refractivity contribution >= 4 is 28.9 Å². The lowest BCUT2D eigenvalue weighted by Gasteiger charge is -2.13. The van der Waals surface area contributed by atoms with Gasteiger partial charge in [0, 0.05) is 0 Å². The number of ether oxygens (including phenoxy) is 2. The molecule has 6 heteroatoms. The van der Waals surface area contributed by atoms with E-state index >= 15 is 0 Å². The molecule has 156 valence electrons. The van der Waals surface area contributed by atoms with Gasteiger partial charge in [0.25, 0.3) is 5.91 Å². The maximum absolute atomic E-state index is 12.4. The number of carbonyl (C=O) groups is 1. The summed E-state index contributed by atoms with van der Waals surface area (Å²) >= 11 is 1.41. The second-order valence-electron chi connectivity index (χ2n) is 7.35. The van der Waals surface area contributed by atoms with E-state index in [0.29, 0.717) is 40.8 Å². The highest BCUT2D eigenvalue weighted by Gasteiger charge is 2.25. The molecule has 1 saturated heterocycles. The van der Waals surface area contributed by atoms with Crippen LogP contribution in [0.15, 0.2) is 58.4 Å². The van der Waals surface area contributed by atoms with Crippen molar-refractivity contribution in [2.75, 3.05) is 6.61 Å². The third-order valence-corrected chi connectivity index (χ3v) is 6.00. The lowest BCUT2D eigenvalue weighted by molar-refractivity contribution is -0.115. The highest BCUT2D eigenvalue weighted by atomic mass is 32.2. The molecule has 0 atom stereocenters. The summed E-state index contributed by atoms with van der Waals surface area (Å²) < 4.78 is 11.7. The molecule has 0 spiro atoms. The monoisotopic (exact) mass is 422 g/mol. The summed E-state index contributed by atoms with van der Waals surface area (Å²) in [6.45, 7) is 2.95. The summed E-state index contributed by atoms with van der Waals surface area (Å²) in [4.78, 5) is 17.7. The van der Waals surface area contributed by atoms with Crippen LogP contribution in [0.2, 0.25) is 0 Å². The molecule has 1 heterocycles. The van der Waals surface area contributed by atoms with E-state index in [1.165, 1.54) is 24.6 Å². The summed E-state index contributed by atoms with van der Waals surface area (Å²) in [7, 11) is 0. The molecule has 1 N–H and O–H groups in total. The lowest BCUT2D eigenvalue weighted by Crippen LogP contribution is -2.21. The first-order valence-electron chi connectivity index (χ1n) is 10.4. The van der Waals surface area contributed by atoms with Crippen LogP contribution in [-0.4, -0.2) is 23.7 Å². The van der Waals surface area contributed by atoms with E-state index in [1.54, 1.807) is 0 Å². The Morgan fingerprint density at radius 3 is 2.67 bits per heavy atom. The summed E-state index contributed by atoms with van der Waals surface area (Å²) in [5.74, 6) is 1.26. The fourth-order valence-electron chi connectivity index (χ4n) is 3.58. The quantitative estimate of drug-likeness (QED) is 0.626. The molecule has 0 bridgehead atoms. The Morgan fingerprint density at radius 2 is 1.90 bits per heavy atom. The number of hydrogen-bond acceptors (Lipinski definition) is 5. The average Bonchev–Trinajstić information content (AvgIpc) is 3.38. The Morgan fingerprint density at radius 1 is 1.10 bits per heavy atom. The minimum atomic E-state index is -0.0980. The van der Waals surface area contributed by atoms with Crippen molar-refractivity contribution < 1.29 is 14.3 Å². The number of aliphatic imine (C=N–C) groups is 1. The fraction of sp³-hybridized carbons (Fsp3) is 0.333. The Bertz CT molecular complexity index is 950. The molecule has 2 fully saturated rings. The molecule has 2 aromatic carbocycles. The van der Waals surface area contributed by atoms with Gasteiger partial charge in [-0.1, -0.05) is 49.2 Å². The predicted molar refractivity (Wildman–Crippen MR) is 122 cm³/mol. The summed E-state index contributed by atoms with van der Waals surface area (Å²) in [6, 6.07) is 16.1. The molecule has 5 nitrogen and oxygen atoms in total. The van der Waals surface area contributed by atoms with Crippen molar-refractivity contribution in [3.8, 4) is 11.5 Å². The number of thioether (sulfide) groups is 1. The van der Waals surface area contributed by atoms with E-state index in [4.69, 9.17) is 14.5 Å². The number of benzene rings is 2. The van der Waals surface area contributed by atoms with Gasteiger partial charge in [0.2, 0.25) is 0 Å². The van der Waals surface area contributed by atoms with E-state index < -0.39 is 0 Å². The third kappa shape index (κ3) is 5.25. The number of amides is 1. The van der Waals surface area contributed by atoms with Crippen molar-refractivity contribution in [2.45, 2.75) is 45.3 Å². The predicted octanol–water partition coefficient (Wildman–Crippen LogP) is 5.17. The first-order chi connectivity index (χ1) is 14.7. The van der Waals surface area contributed by atoms with Crippen LogP contribution in [-0.2, 0) is 11.4 Å². The second-order valence-corrected chi connectivity index (χ2v) is 8.38. The van der Waals surface area contributed by atoms with Crippen LogP contribution in [0.1, 0.15) is 43.7 Å². The minimum absolute atomic E-state index is 0.0980. The highest BCUT2D eigenvalue weighted by molar-refractivity contribution is 8.18. The number of nitrogens with zero attached hydrogens (tertiary/aromatic N) is 1. The standard InChI is InChI=1S/C24H26N2O3S/c1-2-28-21-14-18(12-13-20(21)29-16-17-8-4-3-5-9-17)15-22-23(27)26-24(30-22)25-19-10-6-7-11-19/h3-5,8-9,12-15,19H,2,6-7,10-11,16H2,1H3,(H,25,26,27)/b22-15-. The maximum atomic E-state index is 12.4. The first kappa shape index (κ1) is 20.5. The average molecular weight is 423 g/mol. The van der Waals surface area contributed by atoms with Gasteiger partial charge in [0.05, 0.1) is 17.6 Å². The molecule has 1 aliphatic heterocycles. The smallest absolute Gasteiger partial charge is 0.264 e. The van der Waals surface area contributed by atoms with Crippen molar-refractivity contribution in [1.29, 1.82) is 0 Å². The molecule has 0 unspecified atom stereocenters. The topological polar surface area (TPSA) is 59.9 Å². The molecule has 4 rings (SSSR count). The molecule has 30 heavy (non-hydrogen) atoms. The second kappa shape index (κ2) is 9.85. The molecular weight excluding hydrogens is 396 g/mol. The van der Waals surface area contributed by atoms with Crippen LogP contribution in [0.25, 0.3) is 6.08 Å². The van der Waals surface area contributed by atoms with Gasteiger partial charge in [0.1, 0.15) is 6.61 Å². The van der Waals surface area contributed by atoms with E-state index in [0.717, 1.165) is 24.0 Å². The van der Waals surface area contributed by atoms with Crippen molar-refractivity contribution in [2.24, 2.45) is 4.99 Å². The van der Waals surface area contributed by atoms with E-state index in [9.17, 15) is 4.79 Å². The molecule has 2 aliphatic rings. The highest BCUT2D eigenvalue weighted by Crippen LogP contribution is 2.33. The number of nitrogens with one attached hydrogen (secondary N) is 1. The zero-order valence-electron chi connectivity index (χ0n) is 17.1.